The second kappa shape index (κ2) is 7.57. The minimum Gasteiger partial charge on any atom is -0.493 e. The molecule has 2 rings (SSSR count). The summed E-state index contributed by atoms with van der Waals surface area (Å²) in [7, 11) is 0. The Hall–Kier alpha value is -1.39. The molecule has 2 nitrogen and oxygen atoms in total. The number of Topliss-reactive ketones (excluding diaryl/α,β-unsaturated/α-hetero) is 1. The molecule has 0 bridgehead atoms. The normalized spacial score (nSPS) is 10.4. The molecular weight excluding hydrogens is 359 g/mol. The molecule has 2 aromatic rings. The van der Waals surface area contributed by atoms with Gasteiger partial charge in [0, 0.05) is 22.5 Å². The third-order valence-corrected chi connectivity index (χ3v) is 3.71. The van der Waals surface area contributed by atoms with Gasteiger partial charge >= 0.3 is 0 Å². The van der Waals surface area contributed by atoms with Crippen LogP contribution in [0.5, 0.6) is 5.75 Å². The van der Waals surface area contributed by atoms with Crippen LogP contribution in [0.15, 0.2) is 46.9 Å². The zero-order valence-corrected chi connectivity index (χ0v) is 13.5. The average molecular weight is 372 g/mol. The van der Waals surface area contributed by atoms with Crippen molar-refractivity contribution in [3.05, 3.63) is 63.3 Å². The monoisotopic (exact) mass is 370 g/mol. The van der Waals surface area contributed by atoms with Gasteiger partial charge in [-0.15, -0.1) is 0 Å². The summed E-state index contributed by atoms with van der Waals surface area (Å²) in [5.74, 6) is -0.0403. The summed E-state index contributed by atoms with van der Waals surface area (Å²) in [5, 5.41) is 0.0627. The highest BCUT2D eigenvalue weighted by atomic mass is 79.9. The predicted octanol–water partition coefficient (Wildman–Crippen LogP) is 5.28. The number of carbonyl (C=O) groups is 1. The van der Waals surface area contributed by atoms with Gasteiger partial charge in [0.25, 0.3) is 0 Å². The van der Waals surface area contributed by atoms with Crippen molar-refractivity contribution in [3.8, 4) is 5.75 Å². The van der Waals surface area contributed by atoms with E-state index in [-0.39, 0.29) is 10.8 Å². The van der Waals surface area contributed by atoms with Crippen molar-refractivity contribution in [1.82, 2.24) is 0 Å². The summed E-state index contributed by atoms with van der Waals surface area (Å²) in [5.41, 5.74) is 0.677. The average Bonchev–Trinajstić information content (AvgIpc) is 2.47. The van der Waals surface area contributed by atoms with Crippen LogP contribution in [0.4, 0.5) is 4.39 Å². The zero-order valence-electron chi connectivity index (χ0n) is 11.1. The molecule has 0 aliphatic carbocycles. The third-order valence-electron chi connectivity index (χ3n) is 2.87. The lowest BCUT2D eigenvalue weighted by molar-refractivity contribution is 0.0973. The Morgan fingerprint density at radius 1 is 1.19 bits per heavy atom. The predicted molar refractivity (Wildman–Crippen MR) is 84.6 cm³/mol. The number of carbonyl (C=O) groups excluding carboxylic acids is 1. The zero-order chi connectivity index (χ0) is 15.2. The van der Waals surface area contributed by atoms with Gasteiger partial charge in [0.15, 0.2) is 5.78 Å². The van der Waals surface area contributed by atoms with E-state index in [1.807, 2.05) is 12.1 Å². The summed E-state index contributed by atoms with van der Waals surface area (Å²) in [6.45, 7) is 0.351. The highest BCUT2D eigenvalue weighted by Gasteiger charge is 2.06. The number of ether oxygens (including phenoxy) is 1. The van der Waals surface area contributed by atoms with Gasteiger partial charge in [-0.2, -0.15) is 0 Å². The maximum Gasteiger partial charge on any atom is 0.163 e. The van der Waals surface area contributed by atoms with Crippen molar-refractivity contribution in [2.24, 2.45) is 0 Å². The lowest BCUT2D eigenvalue weighted by atomic mass is 10.1. The number of ketones is 1. The molecule has 0 aliphatic rings. The Morgan fingerprint density at radius 2 is 1.90 bits per heavy atom. The summed E-state index contributed by atoms with van der Waals surface area (Å²) >= 11 is 8.91. The summed E-state index contributed by atoms with van der Waals surface area (Å²) < 4.78 is 19.5. The first-order valence-electron chi connectivity index (χ1n) is 6.43. The molecule has 0 atom stereocenters. The molecule has 21 heavy (non-hydrogen) atoms. The van der Waals surface area contributed by atoms with E-state index in [0.29, 0.717) is 30.8 Å². The van der Waals surface area contributed by atoms with Crippen LogP contribution in [0.25, 0.3) is 0 Å². The molecule has 0 fully saturated rings. The molecule has 5 heteroatoms. The number of rotatable bonds is 6. The van der Waals surface area contributed by atoms with Crippen molar-refractivity contribution in [2.45, 2.75) is 12.8 Å². The maximum atomic E-state index is 13.2. The van der Waals surface area contributed by atoms with Gasteiger partial charge < -0.3 is 4.74 Å². The molecule has 0 saturated heterocycles. The molecule has 0 heterocycles. The van der Waals surface area contributed by atoms with Gasteiger partial charge in [-0.1, -0.05) is 39.7 Å². The fourth-order valence-electron chi connectivity index (χ4n) is 1.77. The Balaban J connectivity index is 1.77. The van der Waals surface area contributed by atoms with E-state index in [1.54, 1.807) is 18.2 Å². The van der Waals surface area contributed by atoms with Crippen LogP contribution < -0.4 is 4.74 Å². The molecule has 0 aliphatic heterocycles. The second-order valence-corrected chi connectivity index (χ2v) is 5.78. The van der Waals surface area contributed by atoms with Gasteiger partial charge in [-0.25, -0.2) is 4.39 Å². The molecule has 110 valence electrons. The molecule has 0 amide bonds. The van der Waals surface area contributed by atoms with E-state index in [0.717, 1.165) is 4.47 Å². The number of hydrogen-bond donors (Lipinski definition) is 0. The molecular formula is C16H13BrClFO2. The van der Waals surface area contributed by atoms with Crippen molar-refractivity contribution in [1.29, 1.82) is 0 Å². The largest absolute Gasteiger partial charge is 0.493 e. The summed E-state index contributed by atoms with van der Waals surface area (Å²) in [4.78, 5) is 11.9. The molecule has 0 unspecified atom stereocenters. The van der Waals surface area contributed by atoms with Crippen LogP contribution in [0, 0.1) is 5.82 Å². The highest BCUT2D eigenvalue weighted by molar-refractivity contribution is 9.10. The SMILES string of the molecule is O=C(CCCOc1ccc(Cl)c(F)c1)c1ccc(Br)cc1. The first-order valence-corrected chi connectivity index (χ1v) is 7.60. The molecule has 2 aromatic carbocycles. The van der Waals surface area contributed by atoms with Gasteiger partial charge in [0.05, 0.1) is 11.6 Å². The molecule has 0 radical (unpaired) electrons. The Kier molecular flexibility index (Phi) is 5.76. The van der Waals surface area contributed by atoms with Crippen LogP contribution in [0.3, 0.4) is 0 Å². The Bertz CT molecular complexity index is 629. The van der Waals surface area contributed by atoms with Crippen molar-refractivity contribution >= 4 is 33.3 Å². The quantitative estimate of drug-likeness (QED) is 0.510. The summed E-state index contributed by atoms with van der Waals surface area (Å²) in [6.07, 6.45) is 0.955. The number of halogens is 3. The Morgan fingerprint density at radius 3 is 2.57 bits per heavy atom. The fourth-order valence-corrected chi connectivity index (χ4v) is 2.15. The van der Waals surface area contributed by atoms with Gasteiger partial charge in [-0.05, 0) is 30.7 Å². The summed E-state index contributed by atoms with van der Waals surface area (Å²) in [6, 6.07) is 11.5. The van der Waals surface area contributed by atoms with E-state index < -0.39 is 5.82 Å². The van der Waals surface area contributed by atoms with E-state index >= 15 is 0 Å². The maximum absolute atomic E-state index is 13.2. The van der Waals surface area contributed by atoms with Gasteiger partial charge in [0.1, 0.15) is 11.6 Å². The smallest absolute Gasteiger partial charge is 0.163 e. The van der Waals surface area contributed by atoms with Crippen LogP contribution >= 0.6 is 27.5 Å². The first-order chi connectivity index (χ1) is 10.1. The lowest BCUT2D eigenvalue weighted by Gasteiger charge is -2.06. The van der Waals surface area contributed by atoms with Crippen LogP contribution in [0.2, 0.25) is 5.02 Å². The molecule has 0 saturated carbocycles. The standard InChI is InChI=1S/C16H13BrClFO2/c17-12-5-3-11(4-6-12)16(20)2-1-9-21-13-7-8-14(18)15(19)10-13/h3-8,10H,1-2,9H2. The van der Waals surface area contributed by atoms with Crippen LogP contribution in [-0.2, 0) is 0 Å². The van der Waals surface area contributed by atoms with Gasteiger partial charge in [0.2, 0.25) is 0 Å². The minimum atomic E-state index is -0.514. The van der Waals surface area contributed by atoms with Crippen molar-refractivity contribution in [3.63, 3.8) is 0 Å². The first kappa shape index (κ1) is 16.0. The lowest BCUT2D eigenvalue weighted by Crippen LogP contribution is -2.04. The van der Waals surface area contributed by atoms with Crippen molar-refractivity contribution in [2.75, 3.05) is 6.61 Å². The third kappa shape index (κ3) is 4.83. The molecule has 0 N–H and O–H groups in total. The number of hydrogen-bond acceptors (Lipinski definition) is 2. The van der Waals surface area contributed by atoms with Crippen molar-refractivity contribution < 1.29 is 13.9 Å². The van der Waals surface area contributed by atoms with E-state index in [1.165, 1.54) is 12.1 Å². The van der Waals surface area contributed by atoms with E-state index in [2.05, 4.69) is 15.9 Å². The van der Waals surface area contributed by atoms with Crippen LogP contribution in [0.1, 0.15) is 23.2 Å². The molecule has 0 spiro atoms. The highest BCUT2D eigenvalue weighted by Crippen LogP contribution is 2.20. The van der Waals surface area contributed by atoms with Crippen LogP contribution in [-0.4, -0.2) is 12.4 Å². The van der Waals surface area contributed by atoms with E-state index in [4.69, 9.17) is 16.3 Å². The minimum absolute atomic E-state index is 0.0627. The topological polar surface area (TPSA) is 26.3 Å². The second-order valence-electron chi connectivity index (χ2n) is 4.46. The van der Waals surface area contributed by atoms with Gasteiger partial charge in [-0.3, -0.25) is 4.79 Å². The fraction of sp³-hybridized carbons (Fsp3) is 0.188. The van der Waals surface area contributed by atoms with E-state index in [9.17, 15) is 9.18 Å². The Labute approximate surface area is 136 Å². The molecule has 0 aromatic heterocycles. The number of benzene rings is 2.